The van der Waals surface area contributed by atoms with Gasteiger partial charge in [0.25, 0.3) is 10.0 Å². The highest BCUT2D eigenvalue weighted by molar-refractivity contribution is 7.94. The van der Waals surface area contributed by atoms with Gasteiger partial charge in [-0.15, -0.1) is 11.3 Å². The predicted octanol–water partition coefficient (Wildman–Crippen LogP) is 4.52. The average Bonchev–Trinajstić information content (AvgIpc) is 2.65. The minimum absolute atomic E-state index is 0.00190. The number of aromatic nitrogens is 1. The molecule has 9 heteroatoms. The molecule has 0 aromatic carbocycles. The number of halogens is 3. The van der Waals surface area contributed by atoms with Crippen molar-refractivity contribution in [1.29, 1.82) is 0 Å². The highest BCUT2D eigenvalue weighted by atomic mass is 35.5. The lowest BCUT2D eigenvalue weighted by molar-refractivity contribution is 0.603. The minimum atomic E-state index is -3.76. The van der Waals surface area contributed by atoms with E-state index in [1.54, 1.807) is 13.8 Å². The monoisotopic (exact) mass is 370 g/mol. The molecular formula is C11H9Cl3N2O2S2. The average molecular weight is 372 g/mol. The molecule has 0 saturated carbocycles. The molecule has 0 atom stereocenters. The van der Waals surface area contributed by atoms with Gasteiger partial charge in [-0.1, -0.05) is 34.8 Å². The predicted molar refractivity (Wildman–Crippen MR) is 83.9 cm³/mol. The van der Waals surface area contributed by atoms with Crippen LogP contribution in [0.3, 0.4) is 0 Å². The third-order valence-corrected chi connectivity index (χ3v) is 6.32. The Bertz CT molecular complexity index is 729. The fourth-order valence-corrected chi connectivity index (χ4v) is 4.95. The maximum atomic E-state index is 12.3. The van der Waals surface area contributed by atoms with Crippen molar-refractivity contribution in [2.24, 2.45) is 0 Å². The van der Waals surface area contributed by atoms with Crippen LogP contribution in [0.5, 0.6) is 0 Å². The molecule has 0 radical (unpaired) electrons. The van der Waals surface area contributed by atoms with Gasteiger partial charge in [0, 0.05) is 0 Å². The number of anilines is 1. The fraction of sp³-hybridized carbons (Fsp3) is 0.182. The summed E-state index contributed by atoms with van der Waals surface area (Å²) < 4.78 is 27.5. The summed E-state index contributed by atoms with van der Waals surface area (Å²) in [4.78, 5) is 3.82. The molecule has 4 nitrogen and oxygen atoms in total. The molecule has 2 heterocycles. The Labute approximate surface area is 135 Å². The molecule has 0 unspecified atom stereocenters. The van der Waals surface area contributed by atoms with Crippen LogP contribution in [0.15, 0.2) is 16.3 Å². The summed E-state index contributed by atoms with van der Waals surface area (Å²) >= 11 is 18.5. The number of aryl methyl sites for hydroxylation is 2. The van der Waals surface area contributed by atoms with E-state index in [9.17, 15) is 8.42 Å². The molecule has 0 saturated heterocycles. The van der Waals surface area contributed by atoms with Gasteiger partial charge in [0.2, 0.25) is 0 Å². The maximum Gasteiger partial charge on any atom is 0.271 e. The normalized spacial score (nSPS) is 11.7. The van der Waals surface area contributed by atoms with Crippen LogP contribution < -0.4 is 4.72 Å². The Morgan fingerprint density at radius 2 is 1.80 bits per heavy atom. The Balaban J connectivity index is 2.43. The lowest BCUT2D eigenvalue weighted by atomic mass is 10.3. The van der Waals surface area contributed by atoms with Crippen molar-refractivity contribution < 1.29 is 8.42 Å². The number of nitrogens with one attached hydrogen (secondary N) is 1. The second kappa shape index (κ2) is 5.69. The van der Waals surface area contributed by atoms with E-state index >= 15 is 0 Å². The van der Waals surface area contributed by atoms with Crippen LogP contribution in [0.25, 0.3) is 0 Å². The Morgan fingerprint density at radius 3 is 2.30 bits per heavy atom. The lowest BCUT2D eigenvalue weighted by Crippen LogP contribution is -2.13. The zero-order valence-electron chi connectivity index (χ0n) is 10.4. The highest BCUT2D eigenvalue weighted by Crippen LogP contribution is 2.33. The molecule has 0 fully saturated rings. The van der Waals surface area contributed by atoms with Crippen molar-refractivity contribution >= 4 is 61.9 Å². The van der Waals surface area contributed by atoms with Crippen molar-refractivity contribution in [3.05, 3.63) is 37.9 Å². The Kier molecular flexibility index (Phi) is 4.51. The summed E-state index contributed by atoms with van der Waals surface area (Å²) in [5.74, 6) is 0. The van der Waals surface area contributed by atoms with Crippen LogP contribution in [0.4, 0.5) is 5.69 Å². The van der Waals surface area contributed by atoms with Gasteiger partial charge in [-0.05, 0) is 37.1 Å². The second-order valence-corrected chi connectivity index (χ2v) is 8.36. The fourth-order valence-electron chi connectivity index (χ4n) is 1.47. The third-order valence-electron chi connectivity index (χ3n) is 2.48. The number of pyridine rings is 1. The first-order valence-electron chi connectivity index (χ1n) is 5.32. The van der Waals surface area contributed by atoms with Gasteiger partial charge in [-0.25, -0.2) is 13.4 Å². The summed E-state index contributed by atoms with van der Waals surface area (Å²) in [5, 5.41) is 0.198. The molecule has 108 valence electrons. The molecule has 0 aliphatic heterocycles. The van der Waals surface area contributed by atoms with Gasteiger partial charge in [0.05, 0.1) is 10.0 Å². The summed E-state index contributed by atoms with van der Waals surface area (Å²) in [6.07, 6.45) is 0. The molecule has 2 aromatic rings. The summed E-state index contributed by atoms with van der Waals surface area (Å²) in [7, 11) is -3.76. The van der Waals surface area contributed by atoms with Crippen molar-refractivity contribution in [1.82, 2.24) is 4.98 Å². The molecule has 0 spiro atoms. The number of nitrogens with zero attached hydrogens (tertiary/aromatic N) is 1. The van der Waals surface area contributed by atoms with Gasteiger partial charge in [0.1, 0.15) is 9.36 Å². The van der Waals surface area contributed by atoms with E-state index < -0.39 is 10.0 Å². The maximum absolute atomic E-state index is 12.3. The van der Waals surface area contributed by atoms with Crippen LogP contribution in [-0.2, 0) is 10.0 Å². The van der Waals surface area contributed by atoms with Crippen LogP contribution in [0.2, 0.25) is 14.6 Å². The van der Waals surface area contributed by atoms with Crippen molar-refractivity contribution in [3.63, 3.8) is 0 Å². The van der Waals surface area contributed by atoms with Gasteiger partial charge in [-0.3, -0.25) is 4.72 Å². The molecule has 0 aliphatic rings. The Hall–Kier alpha value is -0.530. The van der Waals surface area contributed by atoms with E-state index in [1.165, 1.54) is 12.1 Å². The Morgan fingerprint density at radius 1 is 1.15 bits per heavy atom. The molecule has 1 N–H and O–H groups in total. The first kappa shape index (κ1) is 15.9. The summed E-state index contributed by atoms with van der Waals surface area (Å²) in [6, 6.07) is 3.03. The standard InChI is InChI=1S/C11H9Cl3N2O2S2/c1-5-3-7(12)15-10(13)9(5)16-20(17,18)8-4-6(2)11(14)19-8/h3-4,16H,1-2H3. The molecule has 0 amide bonds. The van der Waals surface area contributed by atoms with Crippen LogP contribution in [-0.4, -0.2) is 13.4 Å². The zero-order valence-corrected chi connectivity index (χ0v) is 14.3. The largest absolute Gasteiger partial charge is 0.276 e. The smallest absolute Gasteiger partial charge is 0.271 e. The molecule has 20 heavy (non-hydrogen) atoms. The van der Waals surface area contributed by atoms with Gasteiger partial charge in [-0.2, -0.15) is 0 Å². The van der Waals surface area contributed by atoms with E-state index in [-0.39, 0.29) is 20.2 Å². The number of hydrogen-bond acceptors (Lipinski definition) is 4. The first-order chi connectivity index (χ1) is 9.20. The van der Waals surface area contributed by atoms with E-state index in [0.717, 1.165) is 11.3 Å². The molecule has 0 bridgehead atoms. The number of rotatable bonds is 3. The quantitative estimate of drug-likeness (QED) is 0.807. The topological polar surface area (TPSA) is 59.1 Å². The first-order valence-corrected chi connectivity index (χ1v) is 8.75. The molecular weight excluding hydrogens is 363 g/mol. The van der Waals surface area contributed by atoms with E-state index in [0.29, 0.717) is 15.5 Å². The molecule has 2 aromatic heterocycles. The molecule has 2 rings (SSSR count). The number of thiophene rings is 1. The number of hydrogen-bond donors (Lipinski definition) is 1. The van der Waals surface area contributed by atoms with E-state index in [1.807, 2.05) is 0 Å². The van der Waals surface area contributed by atoms with Crippen molar-refractivity contribution in [2.75, 3.05) is 4.72 Å². The summed E-state index contributed by atoms with van der Waals surface area (Å²) in [5.41, 5.74) is 1.49. The van der Waals surface area contributed by atoms with E-state index in [2.05, 4.69) is 9.71 Å². The zero-order chi connectivity index (χ0) is 15.1. The van der Waals surface area contributed by atoms with Gasteiger partial charge in [0.15, 0.2) is 5.15 Å². The third kappa shape index (κ3) is 3.20. The van der Waals surface area contributed by atoms with Crippen molar-refractivity contribution in [3.8, 4) is 0 Å². The second-order valence-electron chi connectivity index (χ2n) is 4.06. The van der Waals surface area contributed by atoms with Crippen LogP contribution in [0.1, 0.15) is 11.1 Å². The number of sulfonamides is 1. The minimum Gasteiger partial charge on any atom is -0.276 e. The highest BCUT2D eigenvalue weighted by Gasteiger charge is 2.21. The molecule has 0 aliphatic carbocycles. The van der Waals surface area contributed by atoms with Gasteiger partial charge >= 0.3 is 0 Å². The van der Waals surface area contributed by atoms with Gasteiger partial charge < -0.3 is 0 Å². The van der Waals surface area contributed by atoms with Crippen LogP contribution >= 0.6 is 46.1 Å². The summed E-state index contributed by atoms with van der Waals surface area (Å²) in [6.45, 7) is 3.42. The SMILES string of the molecule is Cc1cc(S(=O)(=O)Nc2c(C)cc(Cl)nc2Cl)sc1Cl. The van der Waals surface area contributed by atoms with Crippen molar-refractivity contribution in [2.45, 2.75) is 18.1 Å². The van der Waals surface area contributed by atoms with E-state index in [4.69, 9.17) is 34.8 Å². The lowest BCUT2D eigenvalue weighted by Gasteiger charge is -2.10. The van der Waals surface area contributed by atoms with Crippen LogP contribution in [0, 0.1) is 13.8 Å².